The van der Waals surface area contributed by atoms with Gasteiger partial charge in [-0.1, -0.05) is 12.1 Å². The maximum absolute atomic E-state index is 13.7. The van der Waals surface area contributed by atoms with Crippen LogP contribution in [-0.4, -0.2) is 45.1 Å². The van der Waals surface area contributed by atoms with Gasteiger partial charge in [-0.05, 0) is 68.7 Å². The number of hydrogen-bond acceptors (Lipinski definition) is 5. The summed E-state index contributed by atoms with van der Waals surface area (Å²) in [6, 6.07) is 6.63. The number of rotatable bonds is 6. The van der Waals surface area contributed by atoms with E-state index in [2.05, 4.69) is 5.32 Å². The van der Waals surface area contributed by atoms with Crippen molar-refractivity contribution in [2.75, 3.05) is 11.9 Å². The Morgan fingerprint density at radius 1 is 1.10 bits per heavy atom. The Labute approximate surface area is 231 Å². The number of benzene rings is 2. The normalized spacial score (nSPS) is 15.0. The highest BCUT2D eigenvalue weighted by molar-refractivity contribution is 6.07. The molecule has 2 aromatic carbocycles. The van der Waals surface area contributed by atoms with Gasteiger partial charge >= 0.3 is 17.8 Å². The van der Waals surface area contributed by atoms with Crippen LogP contribution in [0.3, 0.4) is 0 Å². The number of nitrogens with zero attached hydrogens (tertiary/aromatic N) is 3. The number of amides is 2. The van der Waals surface area contributed by atoms with E-state index in [4.69, 9.17) is 0 Å². The molecule has 2 amide bonds. The maximum atomic E-state index is 13.7. The Morgan fingerprint density at radius 3 is 2.37 bits per heavy atom. The molecule has 1 aliphatic heterocycles. The van der Waals surface area contributed by atoms with E-state index in [9.17, 15) is 42.3 Å². The van der Waals surface area contributed by atoms with Crippen LogP contribution in [0.5, 0.6) is 0 Å². The third-order valence-electron chi connectivity index (χ3n) is 7.35. The molecule has 1 aliphatic rings. The SMILES string of the molecule is Cc1c(Cn2c(=O)c(C(=O)NC(C)C(=O)O)cn(-c3ccc4c(c3)C(C)(C)C(=O)N4C)c2=O)cccc1C(F)(F)F. The standard InChI is InChI=1S/C28H27F3N4O6/c1-14-16(7-6-8-19(14)28(29,30)31)12-35-23(37)18(22(36)32-15(2)24(38)39)13-34(26(35)41)17-9-10-21-20(11-17)27(3,4)25(40)33(21)5/h6-11,13,15H,12H2,1-5H3,(H,32,36)(H,38,39). The zero-order valence-corrected chi connectivity index (χ0v) is 22.8. The minimum atomic E-state index is -4.68. The second-order valence-corrected chi connectivity index (χ2v) is 10.4. The van der Waals surface area contributed by atoms with Crippen molar-refractivity contribution in [1.82, 2.24) is 14.5 Å². The fraction of sp³-hybridized carbons (Fsp3) is 0.321. The topological polar surface area (TPSA) is 131 Å². The summed E-state index contributed by atoms with van der Waals surface area (Å²) >= 11 is 0. The van der Waals surface area contributed by atoms with E-state index in [1.165, 1.54) is 30.9 Å². The molecule has 0 bridgehead atoms. The van der Waals surface area contributed by atoms with Crippen LogP contribution >= 0.6 is 0 Å². The molecule has 1 aromatic heterocycles. The van der Waals surface area contributed by atoms with Crippen molar-refractivity contribution in [3.8, 4) is 5.69 Å². The molecule has 3 aromatic rings. The third-order valence-corrected chi connectivity index (χ3v) is 7.35. The van der Waals surface area contributed by atoms with E-state index in [0.717, 1.165) is 22.9 Å². The molecule has 2 heterocycles. The smallest absolute Gasteiger partial charge is 0.416 e. The van der Waals surface area contributed by atoms with Crippen molar-refractivity contribution >= 4 is 23.5 Å². The zero-order chi connectivity index (χ0) is 30.6. The maximum Gasteiger partial charge on any atom is 0.416 e. The number of likely N-dealkylation sites (N-methyl/N-ethyl adjacent to an activating group) is 1. The summed E-state index contributed by atoms with van der Waals surface area (Å²) in [5.74, 6) is -2.66. The van der Waals surface area contributed by atoms with Gasteiger partial charge in [-0.3, -0.25) is 28.3 Å². The third kappa shape index (κ3) is 5.03. The van der Waals surface area contributed by atoms with Crippen LogP contribution < -0.4 is 21.5 Å². The molecule has 216 valence electrons. The van der Waals surface area contributed by atoms with Gasteiger partial charge < -0.3 is 15.3 Å². The van der Waals surface area contributed by atoms with Crippen molar-refractivity contribution in [2.45, 2.75) is 51.9 Å². The number of carbonyl (C=O) groups is 3. The van der Waals surface area contributed by atoms with E-state index >= 15 is 0 Å². The van der Waals surface area contributed by atoms with Gasteiger partial charge in [-0.15, -0.1) is 0 Å². The number of hydrogen-bond donors (Lipinski definition) is 2. The highest BCUT2D eigenvalue weighted by Gasteiger charge is 2.42. The summed E-state index contributed by atoms with van der Waals surface area (Å²) in [4.78, 5) is 65.6. The first-order valence-electron chi connectivity index (χ1n) is 12.5. The van der Waals surface area contributed by atoms with Crippen LogP contribution in [0.15, 0.2) is 52.2 Å². The Balaban J connectivity index is 1.95. The minimum Gasteiger partial charge on any atom is -0.480 e. The number of alkyl halides is 3. The van der Waals surface area contributed by atoms with E-state index in [1.807, 2.05) is 0 Å². The van der Waals surface area contributed by atoms with Crippen LogP contribution in [0.2, 0.25) is 0 Å². The lowest BCUT2D eigenvalue weighted by Gasteiger charge is -2.19. The predicted molar refractivity (Wildman–Crippen MR) is 143 cm³/mol. The van der Waals surface area contributed by atoms with Gasteiger partial charge in [0.25, 0.3) is 11.5 Å². The summed E-state index contributed by atoms with van der Waals surface area (Å²) in [6.07, 6.45) is -3.72. The van der Waals surface area contributed by atoms with E-state index in [-0.39, 0.29) is 22.7 Å². The molecule has 0 radical (unpaired) electrons. The lowest BCUT2D eigenvalue weighted by Crippen LogP contribution is -2.46. The molecule has 0 saturated carbocycles. The number of fused-ring (bicyclic) bond motifs is 1. The average molecular weight is 573 g/mol. The molecule has 0 fully saturated rings. The van der Waals surface area contributed by atoms with Crippen molar-refractivity contribution in [3.63, 3.8) is 0 Å². The van der Waals surface area contributed by atoms with Gasteiger partial charge in [0, 0.05) is 18.9 Å². The number of carbonyl (C=O) groups excluding carboxylic acids is 2. The fourth-order valence-corrected chi connectivity index (χ4v) is 4.86. The lowest BCUT2D eigenvalue weighted by atomic mass is 9.86. The molecular weight excluding hydrogens is 545 g/mol. The molecule has 41 heavy (non-hydrogen) atoms. The number of carboxylic acids is 1. The molecule has 2 N–H and O–H groups in total. The van der Waals surface area contributed by atoms with E-state index < -0.39 is 58.4 Å². The second-order valence-electron chi connectivity index (χ2n) is 10.4. The molecule has 1 atom stereocenters. The van der Waals surface area contributed by atoms with Crippen LogP contribution in [0.4, 0.5) is 18.9 Å². The van der Waals surface area contributed by atoms with E-state index in [0.29, 0.717) is 15.8 Å². The number of aromatic nitrogens is 2. The zero-order valence-electron chi connectivity index (χ0n) is 22.8. The first kappa shape index (κ1) is 29.3. The average Bonchev–Trinajstić information content (AvgIpc) is 3.06. The Kier molecular flexibility index (Phi) is 7.19. The van der Waals surface area contributed by atoms with E-state index in [1.54, 1.807) is 33.0 Å². The molecule has 1 unspecified atom stereocenters. The van der Waals surface area contributed by atoms with Gasteiger partial charge in [-0.25, -0.2) is 4.79 Å². The van der Waals surface area contributed by atoms with Crippen LogP contribution in [0.25, 0.3) is 5.69 Å². The summed E-state index contributed by atoms with van der Waals surface area (Å²) in [7, 11) is 1.60. The van der Waals surface area contributed by atoms with Crippen molar-refractivity contribution in [3.05, 3.63) is 91.3 Å². The summed E-state index contributed by atoms with van der Waals surface area (Å²) in [6.45, 7) is 5.20. The van der Waals surface area contributed by atoms with Crippen LogP contribution in [0.1, 0.15) is 53.4 Å². The van der Waals surface area contributed by atoms with Gasteiger partial charge in [0.05, 0.1) is 23.2 Å². The first-order chi connectivity index (χ1) is 19.0. The van der Waals surface area contributed by atoms with Gasteiger partial charge in [0.2, 0.25) is 5.91 Å². The van der Waals surface area contributed by atoms with Gasteiger partial charge in [-0.2, -0.15) is 13.2 Å². The molecular formula is C28H27F3N4O6. The highest BCUT2D eigenvalue weighted by atomic mass is 19.4. The summed E-state index contributed by atoms with van der Waals surface area (Å²) in [5, 5.41) is 11.4. The number of halogens is 3. The fourth-order valence-electron chi connectivity index (χ4n) is 4.86. The first-order valence-corrected chi connectivity index (χ1v) is 12.5. The van der Waals surface area contributed by atoms with Gasteiger partial charge in [0.1, 0.15) is 11.6 Å². The van der Waals surface area contributed by atoms with Crippen LogP contribution in [0, 0.1) is 6.92 Å². The lowest BCUT2D eigenvalue weighted by molar-refractivity contribution is -0.139. The Hall–Kier alpha value is -4.68. The number of nitrogens with one attached hydrogen (secondary N) is 1. The number of carboxylic acid groups (broad SMARTS) is 1. The predicted octanol–water partition coefficient (Wildman–Crippen LogP) is 2.83. The Bertz CT molecular complexity index is 1720. The molecule has 0 spiro atoms. The number of aliphatic carboxylic acids is 1. The molecule has 10 nitrogen and oxygen atoms in total. The van der Waals surface area contributed by atoms with Crippen LogP contribution in [-0.2, 0) is 27.7 Å². The quantitative estimate of drug-likeness (QED) is 0.467. The monoisotopic (exact) mass is 572 g/mol. The molecule has 0 saturated heterocycles. The summed E-state index contributed by atoms with van der Waals surface area (Å²) < 4.78 is 42.2. The largest absolute Gasteiger partial charge is 0.480 e. The van der Waals surface area contributed by atoms with Gasteiger partial charge in [0.15, 0.2) is 0 Å². The van der Waals surface area contributed by atoms with Crippen molar-refractivity contribution < 1.29 is 32.7 Å². The van der Waals surface area contributed by atoms with Crippen molar-refractivity contribution in [1.29, 1.82) is 0 Å². The second kappa shape index (κ2) is 10.1. The highest BCUT2D eigenvalue weighted by Crippen LogP contribution is 2.41. The minimum absolute atomic E-state index is 0.0179. The van der Waals surface area contributed by atoms with Crippen molar-refractivity contribution in [2.24, 2.45) is 0 Å². The Morgan fingerprint density at radius 2 is 1.76 bits per heavy atom. The summed E-state index contributed by atoms with van der Waals surface area (Å²) in [5.41, 5.74) is -3.40. The molecule has 0 aliphatic carbocycles. The number of anilines is 1. The molecule has 4 rings (SSSR count). The molecule has 13 heteroatoms.